The lowest BCUT2D eigenvalue weighted by atomic mass is 9.71. The number of hydrogen-bond acceptors (Lipinski definition) is 2. The molecule has 0 saturated carbocycles. The molecular formula is C26H20O2. The molecule has 5 rings (SSSR count). The van der Waals surface area contributed by atoms with Crippen LogP contribution in [0.4, 0.5) is 0 Å². The monoisotopic (exact) mass is 364 g/mol. The van der Waals surface area contributed by atoms with Crippen molar-refractivity contribution < 1.29 is 9.59 Å². The lowest BCUT2D eigenvalue weighted by molar-refractivity contribution is 0.0787. The second kappa shape index (κ2) is 6.42. The van der Waals surface area contributed by atoms with E-state index in [9.17, 15) is 9.59 Å². The average Bonchev–Trinajstić information content (AvgIpc) is 3.29. The zero-order valence-corrected chi connectivity index (χ0v) is 15.5. The average molecular weight is 364 g/mol. The van der Waals surface area contributed by atoms with Crippen LogP contribution in [0.3, 0.4) is 0 Å². The fraction of sp³-hybridized carbons (Fsp3) is 0.154. The van der Waals surface area contributed by atoms with Crippen LogP contribution in [-0.2, 0) is 12.8 Å². The molecule has 2 aliphatic carbocycles. The molecular weight excluding hydrogens is 344 g/mol. The third-order valence-corrected chi connectivity index (χ3v) is 6.13. The number of carbonyl (C=O) groups excluding carboxylic acids is 2. The van der Waals surface area contributed by atoms with Gasteiger partial charge in [0, 0.05) is 17.5 Å². The molecule has 0 N–H and O–H groups in total. The molecule has 3 aromatic carbocycles. The van der Waals surface area contributed by atoms with Gasteiger partial charge in [-0.05, 0) is 29.5 Å². The Kier molecular flexibility index (Phi) is 3.87. The first-order valence-electron chi connectivity index (χ1n) is 9.67. The van der Waals surface area contributed by atoms with E-state index in [1.807, 2.05) is 66.7 Å². The van der Waals surface area contributed by atoms with Gasteiger partial charge >= 0.3 is 0 Å². The lowest BCUT2D eigenvalue weighted by Gasteiger charge is -2.29. The topological polar surface area (TPSA) is 34.1 Å². The van der Waals surface area contributed by atoms with Crippen molar-refractivity contribution in [2.75, 3.05) is 0 Å². The van der Waals surface area contributed by atoms with E-state index < -0.39 is 5.41 Å². The third kappa shape index (κ3) is 2.56. The summed E-state index contributed by atoms with van der Waals surface area (Å²) in [6, 6.07) is 25.3. The van der Waals surface area contributed by atoms with Crippen molar-refractivity contribution in [3.63, 3.8) is 0 Å². The van der Waals surface area contributed by atoms with Crippen molar-refractivity contribution in [3.05, 3.63) is 112 Å². The predicted octanol–water partition coefficient (Wildman–Crippen LogP) is 5.32. The molecule has 0 fully saturated rings. The molecule has 2 nitrogen and oxygen atoms in total. The quantitative estimate of drug-likeness (QED) is 0.587. The Bertz CT molecular complexity index is 1120. The van der Waals surface area contributed by atoms with Gasteiger partial charge in [0.15, 0.2) is 11.6 Å². The number of benzene rings is 3. The van der Waals surface area contributed by atoms with Crippen molar-refractivity contribution in [1.82, 2.24) is 0 Å². The van der Waals surface area contributed by atoms with E-state index in [1.54, 1.807) is 0 Å². The summed E-state index contributed by atoms with van der Waals surface area (Å²) in [4.78, 5) is 26.8. The highest BCUT2D eigenvalue weighted by molar-refractivity contribution is 6.11. The Labute approximate surface area is 164 Å². The number of ketones is 2. The Morgan fingerprint density at radius 2 is 1.50 bits per heavy atom. The van der Waals surface area contributed by atoms with Gasteiger partial charge in [0.1, 0.15) is 0 Å². The second-order valence-corrected chi connectivity index (χ2v) is 7.76. The van der Waals surface area contributed by atoms with Gasteiger partial charge in [-0.1, -0.05) is 90.5 Å². The van der Waals surface area contributed by atoms with E-state index in [2.05, 4.69) is 18.2 Å². The number of Topliss-reactive ketones (excluding diaryl/α,β-unsaturated/α-hetero) is 2. The number of fused-ring (bicyclic) bond motifs is 2. The first-order valence-corrected chi connectivity index (χ1v) is 9.67. The minimum absolute atomic E-state index is 0.0265. The normalized spacial score (nSPS) is 19.9. The molecule has 0 bridgehead atoms. The smallest absolute Gasteiger partial charge is 0.174 e. The highest BCUT2D eigenvalue weighted by Crippen LogP contribution is 2.49. The summed E-state index contributed by atoms with van der Waals surface area (Å²) in [6.45, 7) is 0. The minimum Gasteiger partial charge on any atom is -0.294 e. The van der Waals surface area contributed by atoms with Crippen molar-refractivity contribution in [1.29, 1.82) is 0 Å². The van der Waals surface area contributed by atoms with Crippen LogP contribution in [0.1, 0.15) is 43.8 Å². The molecule has 28 heavy (non-hydrogen) atoms. The largest absolute Gasteiger partial charge is 0.294 e. The van der Waals surface area contributed by atoms with E-state index in [0.717, 1.165) is 28.7 Å². The Morgan fingerprint density at radius 3 is 2.25 bits per heavy atom. The number of hydrogen-bond donors (Lipinski definition) is 0. The summed E-state index contributed by atoms with van der Waals surface area (Å²) in [5.41, 5.74) is 5.15. The molecule has 2 heteroatoms. The molecule has 136 valence electrons. The van der Waals surface area contributed by atoms with Gasteiger partial charge in [-0.2, -0.15) is 0 Å². The maximum Gasteiger partial charge on any atom is 0.174 e. The van der Waals surface area contributed by atoms with Crippen LogP contribution in [0.2, 0.25) is 0 Å². The lowest BCUT2D eigenvalue weighted by Crippen LogP contribution is -2.33. The van der Waals surface area contributed by atoms with E-state index in [0.29, 0.717) is 12.0 Å². The van der Waals surface area contributed by atoms with Crippen molar-refractivity contribution in [2.24, 2.45) is 5.41 Å². The van der Waals surface area contributed by atoms with Crippen molar-refractivity contribution in [3.8, 4) is 0 Å². The Hall–Kier alpha value is -3.26. The van der Waals surface area contributed by atoms with Gasteiger partial charge in [0.2, 0.25) is 0 Å². The van der Waals surface area contributed by atoms with Gasteiger partial charge in [-0.3, -0.25) is 9.59 Å². The molecule has 0 spiro atoms. The first-order chi connectivity index (χ1) is 13.7. The summed E-state index contributed by atoms with van der Waals surface area (Å²) < 4.78 is 0. The van der Waals surface area contributed by atoms with Crippen molar-refractivity contribution >= 4 is 17.6 Å². The van der Waals surface area contributed by atoms with Gasteiger partial charge in [-0.25, -0.2) is 0 Å². The fourth-order valence-corrected chi connectivity index (χ4v) is 4.66. The zero-order valence-electron chi connectivity index (χ0n) is 15.5. The summed E-state index contributed by atoms with van der Waals surface area (Å²) in [6.07, 6.45) is 3.68. The maximum atomic E-state index is 13.6. The number of allylic oxidation sites excluding steroid dienone is 1. The summed E-state index contributed by atoms with van der Waals surface area (Å²) in [5.74, 6) is 0.116. The van der Waals surface area contributed by atoms with Gasteiger partial charge in [-0.15, -0.1) is 0 Å². The van der Waals surface area contributed by atoms with Gasteiger partial charge in [0.25, 0.3) is 0 Å². The van der Waals surface area contributed by atoms with Crippen LogP contribution in [0, 0.1) is 5.41 Å². The number of rotatable bonds is 4. The molecule has 0 amide bonds. The number of carbonyl (C=O) groups is 2. The van der Waals surface area contributed by atoms with E-state index in [4.69, 9.17) is 0 Å². The second-order valence-electron chi connectivity index (χ2n) is 7.76. The summed E-state index contributed by atoms with van der Waals surface area (Å²) in [7, 11) is 0. The standard InChI is InChI=1S/C26H20O2/c27-24(18-8-2-1-3-9-18)17-26(16-21-12-6-7-13-23(21)25(26)28)22-14-19-10-4-5-11-20(19)15-22/h1-14H,15-17H2. The van der Waals surface area contributed by atoms with Crippen LogP contribution in [0.25, 0.3) is 6.08 Å². The van der Waals surface area contributed by atoms with Crippen molar-refractivity contribution in [2.45, 2.75) is 19.3 Å². The third-order valence-electron chi connectivity index (χ3n) is 6.13. The molecule has 3 aromatic rings. The highest BCUT2D eigenvalue weighted by atomic mass is 16.1. The minimum atomic E-state index is -0.782. The Morgan fingerprint density at radius 1 is 0.821 bits per heavy atom. The molecule has 0 heterocycles. The van der Waals surface area contributed by atoms with Crippen LogP contribution in [0.15, 0.2) is 84.4 Å². The Balaban J connectivity index is 1.59. The fourth-order valence-electron chi connectivity index (χ4n) is 4.66. The van der Waals surface area contributed by atoms with E-state index in [1.165, 1.54) is 5.56 Å². The summed E-state index contributed by atoms with van der Waals surface area (Å²) >= 11 is 0. The van der Waals surface area contributed by atoms with E-state index >= 15 is 0 Å². The van der Waals surface area contributed by atoms with Gasteiger partial charge < -0.3 is 0 Å². The van der Waals surface area contributed by atoms with Crippen LogP contribution in [-0.4, -0.2) is 11.6 Å². The molecule has 1 atom stereocenters. The summed E-state index contributed by atoms with van der Waals surface area (Å²) in [5, 5.41) is 0. The van der Waals surface area contributed by atoms with Crippen LogP contribution in [0.5, 0.6) is 0 Å². The predicted molar refractivity (Wildman–Crippen MR) is 110 cm³/mol. The van der Waals surface area contributed by atoms with Crippen LogP contribution >= 0.6 is 0 Å². The molecule has 1 unspecified atom stereocenters. The van der Waals surface area contributed by atoms with Crippen LogP contribution < -0.4 is 0 Å². The molecule has 0 saturated heterocycles. The first kappa shape index (κ1) is 16.9. The SMILES string of the molecule is O=C(CC1(C2=Cc3ccccc3C2)Cc2ccccc2C1=O)c1ccccc1. The molecule has 0 radical (unpaired) electrons. The molecule has 0 aliphatic heterocycles. The van der Waals surface area contributed by atoms with Gasteiger partial charge in [0.05, 0.1) is 5.41 Å². The zero-order chi connectivity index (χ0) is 19.1. The highest BCUT2D eigenvalue weighted by Gasteiger charge is 2.49. The molecule has 0 aromatic heterocycles. The van der Waals surface area contributed by atoms with E-state index in [-0.39, 0.29) is 18.0 Å². The maximum absolute atomic E-state index is 13.6. The molecule has 2 aliphatic rings.